The van der Waals surface area contributed by atoms with E-state index >= 15 is 0 Å². The fourth-order valence-corrected chi connectivity index (χ4v) is 2.70. The molecule has 1 rings (SSSR count). The zero-order valence-corrected chi connectivity index (χ0v) is 11.3. The van der Waals surface area contributed by atoms with E-state index in [0.29, 0.717) is 0 Å². The van der Waals surface area contributed by atoms with Gasteiger partial charge in [0.15, 0.2) is 0 Å². The van der Waals surface area contributed by atoms with Crippen LogP contribution >= 0.6 is 0 Å². The Morgan fingerprint density at radius 1 is 1.00 bits per heavy atom. The Morgan fingerprint density at radius 2 is 1.62 bits per heavy atom. The van der Waals surface area contributed by atoms with Crippen molar-refractivity contribution in [2.45, 2.75) is 25.7 Å². The Morgan fingerprint density at radius 3 is 2.19 bits per heavy atom. The minimum Gasteiger partial charge on any atom is -0.330 e. The van der Waals surface area contributed by atoms with Gasteiger partial charge in [-0.05, 0) is 52.4 Å². The summed E-state index contributed by atoms with van der Waals surface area (Å²) in [5, 5.41) is 0. The number of nitrogens with zero attached hydrogens (tertiary/aromatic N) is 2. The van der Waals surface area contributed by atoms with E-state index in [1.165, 1.54) is 38.8 Å². The van der Waals surface area contributed by atoms with Crippen molar-refractivity contribution in [2.75, 3.05) is 47.3 Å². The summed E-state index contributed by atoms with van der Waals surface area (Å²) in [5.74, 6) is 1.61. The Hall–Kier alpha value is -0.120. The molecule has 1 aliphatic rings. The number of hydrogen-bond acceptors (Lipinski definition) is 3. The molecule has 0 aromatic carbocycles. The summed E-state index contributed by atoms with van der Waals surface area (Å²) < 4.78 is 0. The van der Waals surface area contributed by atoms with Crippen molar-refractivity contribution in [2.24, 2.45) is 17.6 Å². The third-order valence-electron chi connectivity index (χ3n) is 3.84. The van der Waals surface area contributed by atoms with Crippen molar-refractivity contribution >= 4 is 0 Å². The van der Waals surface area contributed by atoms with Crippen LogP contribution in [0.2, 0.25) is 0 Å². The lowest BCUT2D eigenvalue weighted by molar-refractivity contribution is 0.166. The van der Waals surface area contributed by atoms with Gasteiger partial charge in [0.1, 0.15) is 0 Å². The smallest absolute Gasteiger partial charge is 0.0106 e. The quantitative estimate of drug-likeness (QED) is 0.741. The monoisotopic (exact) mass is 227 g/mol. The van der Waals surface area contributed by atoms with Crippen LogP contribution in [0, 0.1) is 11.8 Å². The van der Waals surface area contributed by atoms with Crippen molar-refractivity contribution in [1.82, 2.24) is 9.80 Å². The van der Waals surface area contributed by atoms with Gasteiger partial charge in [-0.2, -0.15) is 0 Å². The lowest BCUT2D eigenvalue weighted by atomic mass is 9.79. The third-order valence-corrected chi connectivity index (χ3v) is 3.84. The van der Waals surface area contributed by atoms with Gasteiger partial charge in [-0.25, -0.2) is 0 Å². The fourth-order valence-electron chi connectivity index (χ4n) is 2.70. The van der Waals surface area contributed by atoms with E-state index in [1.807, 2.05) is 0 Å². The van der Waals surface area contributed by atoms with Crippen molar-refractivity contribution in [1.29, 1.82) is 0 Å². The van der Waals surface area contributed by atoms with Crippen molar-refractivity contribution in [3.05, 3.63) is 0 Å². The highest BCUT2D eigenvalue weighted by Gasteiger charge is 2.24. The zero-order valence-electron chi connectivity index (χ0n) is 11.3. The van der Waals surface area contributed by atoms with Gasteiger partial charge in [-0.1, -0.05) is 12.8 Å². The summed E-state index contributed by atoms with van der Waals surface area (Å²) in [6.07, 6.45) is 5.53. The van der Waals surface area contributed by atoms with Crippen LogP contribution in [-0.4, -0.2) is 57.1 Å². The molecule has 0 radical (unpaired) electrons. The fraction of sp³-hybridized carbons (Fsp3) is 1.00. The van der Waals surface area contributed by atoms with Gasteiger partial charge in [-0.3, -0.25) is 0 Å². The molecule has 0 aliphatic heterocycles. The standard InChI is InChI=1S/C13H29N3/c1-15(2)8-9-16(3)11-13-7-5-4-6-12(13)10-14/h12-13H,4-11,14H2,1-3H3. The van der Waals surface area contributed by atoms with E-state index < -0.39 is 0 Å². The van der Waals surface area contributed by atoms with E-state index in [0.717, 1.165) is 24.9 Å². The zero-order chi connectivity index (χ0) is 12.0. The molecule has 1 saturated carbocycles. The number of hydrogen-bond donors (Lipinski definition) is 1. The van der Waals surface area contributed by atoms with Crippen LogP contribution in [-0.2, 0) is 0 Å². The molecule has 0 aromatic rings. The maximum absolute atomic E-state index is 5.86. The van der Waals surface area contributed by atoms with Gasteiger partial charge in [0.2, 0.25) is 0 Å². The molecule has 3 nitrogen and oxygen atoms in total. The SMILES string of the molecule is CN(C)CCN(C)CC1CCCCC1CN. The van der Waals surface area contributed by atoms with Gasteiger partial charge in [0.05, 0.1) is 0 Å². The molecule has 1 fully saturated rings. The lowest BCUT2D eigenvalue weighted by Gasteiger charge is -2.34. The topological polar surface area (TPSA) is 32.5 Å². The molecule has 1 aliphatic carbocycles. The van der Waals surface area contributed by atoms with E-state index in [1.54, 1.807) is 0 Å². The van der Waals surface area contributed by atoms with Crippen LogP contribution in [0.25, 0.3) is 0 Å². The van der Waals surface area contributed by atoms with Crippen LogP contribution in [0.15, 0.2) is 0 Å². The molecule has 2 unspecified atom stereocenters. The van der Waals surface area contributed by atoms with Crippen molar-refractivity contribution in [3.63, 3.8) is 0 Å². The molecular weight excluding hydrogens is 198 g/mol. The van der Waals surface area contributed by atoms with Gasteiger partial charge < -0.3 is 15.5 Å². The molecule has 0 heterocycles. The van der Waals surface area contributed by atoms with Gasteiger partial charge in [0.25, 0.3) is 0 Å². The van der Waals surface area contributed by atoms with Crippen LogP contribution in [0.3, 0.4) is 0 Å². The molecule has 2 atom stereocenters. The first kappa shape index (κ1) is 13.9. The van der Waals surface area contributed by atoms with E-state index in [2.05, 4.69) is 30.9 Å². The van der Waals surface area contributed by atoms with Gasteiger partial charge in [0, 0.05) is 19.6 Å². The lowest BCUT2D eigenvalue weighted by Crippen LogP contribution is -2.37. The summed E-state index contributed by atoms with van der Waals surface area (Å²) in [6, 6.07) is 0. The summed E-state index contributed by atoms with van der Waals surface area (Å²) >= 11 is 0. The predicted molar refractivity (Wildman–Crippen MR) is 70.6 cm³/mol. The van der Waals surface area contributed by atoms with Crippen LogP contribution in [0.1, 0.15) is 25.7 Å². The number of nitrogens with two attached hydrogens (primary N) is 1. The van der Waals surface area contributed by atoms with Crippen LogP contribution < -0.4 is 5.73 Å². The maximum atomic E-state index is 5.86. The minimum absolute atomic E-state index is 0.774. The second-order valence-corrected chi connectivity index (χ2v) is 5.61. The van der Waals surface area contributed by atoms with E-state index in [-0.39, 0.29) is 0 Å². The largest absolute Gasteiger partial charge is 0.330 e. The minimum atomic E-state index is 0.774. The highest BCUT2D eigenvalue weighted by Crippen LogP contribution is 2.29. The molecular formula is C13H29N3. The highest BCUT2D eigenvalue weighted by atomic mass is 15.1. The average Bonchev–Trinajstić information content (AvgIpc) is 2.27. The molecule has 96 valence electrons. The molecule has 3 heteroatoms. The first-order valence-electron chi connectivity index (χ1n) is 6.66. The van der Waals surface area contributed by atoms with Gasteiger partial charge >= 0.3 is 0 Å². The summed E-state index contributed by atoms with van der Waals surface area (Å²) in [5.41, 5.74) is 5.86. The Bertz CT molecular complexity index is 182. The maximum Gasteiger partial charge on any atom is 0.0106 e. The molecule has 0 bridgehead atoms. The summed E-state index contributed by atoms with van der Waals surface area (Å²) in [4.78, 5) is 4.72. The number of likely N-dealkylation sites (N-methyl/N-ethyl adjacent to an activating group) is 2. The van der Waals surface area contributed by atoms with E-state index in [9.17, 15) is 0 Å². The van der Waals surface area contributed by atoms with Crippen molar-refractivity contribution in [3.8, 4) is 0 Å². The second kappa shape index (κ2) is 7.25. The molecule has 16 heavy (non-hydrogen) atoms. The molecule has 2 N–H and O–H groups in total. The molecule has 0 saturated heterocycles. The third kappa shape index (κ3) is 4.81. The first-order valence-corrected chi connectivity index (χ1v) is 6.66. The normalized spacial score (nSPS) is 26.6. The molecule has 0 aromatic heterocycles. The molecule has 0 spiro atoms. The van der Waals surface area contributed by atoms with Crippen LogP contribution in [0.4, 0.5) is 0 Å². The Kier molecular flexibility index (Phi) is 6.32. The summed E-state index contributed by atoms with van der Waals surface area (Å²) in [6.45, 7) is 4.43. The second-order valence-electron chi connectivity index (χ2n) is 5.61. The molecule has 0 amide bonds. The Balaban J connectivity index is 2.27. The predicted octanol–water partition coefficient (Wildman–Crippen LogP) is 1.24. The Labute approximate surface area is 101 Å². The average molecular weight is 227 g/mol. The van der Waals surface area contributed by atoms with E-state index in [4.69, 9.17) is 5.73 Å². The summed E-state index contributed by atoms with van der Waals surface area (Å²) in [7, 11) is 6.51. The number of rotatable bonds is 6. The van der Waals surface area contributed by atoms with Crippen LogP contribution in [0.5, 0.6) is 0 Å². The highest BCUT2D eigenvalue weighted by molar-refractivity contribution is 4.78. The van der Waals surface area contributed by atoms with Gasteiger partial charge in [-0.15, -0.1) is 0 Å². The van der Waals surface area contributed by atoms with Crippen molar-refractivity contribution < 1.29 is 0 Å². The first-order chi connectivity index (χ1) is 7.63.